The molecule has 4 aromatic rings. The Morgan fingerprint density at radius 1 is 0.844 bits per heavy atom. The van der Waals surface area contributed by atoms with E-state index in [-0.39, 0.29) is 17.4 Å². The first-order valence-electron chi connectivity index (χ1n) is 10.0. The van der Waals surface area contributed by atoms with Crippen LogP contribution < -0.4 is 14.8 Å². The van der Waals surface area contributed by atoms with Crippen LogP contribution in [0, 0.1) is 6.92 Å². The zero-order chi connectivity index (χ0) is 22.6. The Labute approximate surface area is 186 Å². The van der Waals surface area contributed by atoms with E-state index < -0.39 is 10.0 Å². The third kappa shape index (κ3) is 5.07. The lowest BCUT2D eigenvalue weighted by molar-refractivity contribution is -0.118. The fourth-order valence-corrected chi connectivity index (χ4v) is 4.30. The first-order chi connectivity index (χ1) is 15.4. The lowest BCUT2D eigenvalue weighted by atomic mass is 10.1. The van der Waals surface area contributed by atoms with E-state index in [1.807, 2.05) is 49.4 Å². The molecule has 0 heterocycles. The maximum Gasteiger partial charge on any atom is 0.262 e. The molecule has 0 spiro atoms. The minimum Gasteiger partial charge on any atom is -0.484 e. The number of amides is 1. The van der Waals surface area contributed by atoms with Gasteiger partial charge in [-0.05, 0) is 54.8 Å². The molecule has 0 bridgehead atoms. The molecule has 0 aliphatic heterocycles. The van der Waals surface area contributed by atoms with Gasteiger partial charge in [-0.15, -0.1) is 0 Å². The van der Waals surface area contributed by atoms with Gasteiger partial charge >= 0.3 is 0 Å². The summed E-state index contributed by atoms with van der Waals surface area (Å²) < 4.78 is 33.8. The number of rotatable bonds is 7. The highest BCUT2D eigenvalue weighted by Crippen LogP contribution is 2.26. The fraction of sp³-hybridized carbons (Fsp3) is 0.0800. The zero-order valence-electron chi connectivity index (χ0n) is 17.4. The molecule has 4 aromatic carbocycles. The summed E-state index contributed by atoms with van der Waals surface area (Å²) in [4.78, 5) is 12.2. The lowest BCUT2D eigenvalue weighted by Gasteiger charge is -2.12. The highest BCUT2D eigenvalue weighted by atomic mass is 32.2. The molecule has 0 saturated heterocycles. The highest BCUT2D eigenvalue weighted by Gasteiger charge is 2.16. The Bertz CT molecular complexity index is 1340. The summed E-state index contributed by atoms with van der Waals surface area (Å²) in [6.07, 6.45) is 0. The summed E-state index contributed by atoms with van der Waals surface area (Å²) in [6.45, 7) is 1.82. The molecule has 4 rings (SSSR count). The Morgan fingerprint density at radius 2 is 1.53 bits per heavy atom. The van der Waals surface area contributed by atoms with Gasteiger partial charge in [-0.3, -0.25) is 9.52 Å². The molecule has 7 heteroatoms. The summed E-state index contributed by atoms with van der Waals surface area (Å²) in [5.41, 5.74) is 2.09. The van der Waals surface area contributed by atoms with Gasteiger partial charge in [0.15, 0.2) is 6.61 Å². The molecule has 0 aliphatic rings. The number of ether oxygens (including phenoxy) is 1. The van der Waals surface area contributed by atoms with E-state index in [4.69, 9.17) is 4.74 Å². The molecule has 0 saturated carbocycles. The van der Waals surface area contributed by atoms with E-state index in [9.17, 15) is 13.2 Å². The number of fused-ring (bicyclic) bond motifs is 1. The fourth-order valence-electron chi connectivity index (χ4n) is 3.22. The summed E-state index contributed by atoms with van der Waals surface area (Å²) in [5, 5.41) is 4.46. The van der Waals surface area contributed by atoms with Crippen LogP contribution in [-0.2, 0) is 14.8 Å². The number of carbonyl (C=O) groups excluding carboxylic acids is 1. The van der Waals surface area contributed by atoms with E-state index in [0.29, 0.717) is 17.1 Å². The number of sulfonamides is 1. The van der Waals surface area contributed by atoms with Gasteiger partial charge in [-0.2, -0.15) is 0 Å². The molecule has 0 unspecified atom stereocenters. The summed E-state index contributed by atoms with van der Waals surface area (Å²) >= 11 is 0. The number of anilines is 2. The number of aryl methyl sites for hydroxylation is 1. The molecular weight excluding hydrogens is 424 g/mol. The molecule has 0 aliphatic carbocycles. The molecule has 6 nitrogen and oxygen atoms in total. The van der Waals surface area contributed by atoms with Crippen molar-refractivity contribution in [2.45, 2.75) is 11.8 Å². The average Bonchev–Trinajstić information content (AvgIpc) is 2.79. The van der Waals surface area contributed by atoms with E-state index in [1.54, 1.807) is 36.4 Å². The summed E-state index contributed by atoms with van der Waals surface area (Å²) in [7, 11) is -3.79. The maximum absolute atomic E-state index is 12.8. The van der Waals surface area contributed by atoms with Crippen molar-refractivity contribution >= 4 is 38.1 Å². The molecule has 0 radical (unpaired) electrons. The number of benzene rings is 4. The highest BCUT2D eigenvalue weighted by molar-refractivity contribution is 7.92. The van der Waals surface area contributed by atoms with E-state index in [1.165, 1.54) is 12.1 Å². The van der Waals surface area contributed by atoms with Crippen LogP contribution in [0.4, 0.5) is 11.4 Å². The minimum absolute atomic E-state index is 0.0966. The van der Waals surface area contributed by atoms with Crippen molar-refractivity contribution in [1.82, 2.24) is 0 Å². The van der Waals surface area contributed by atoms with Crippen molar-refractivity contribution in [3.05, 3.63) is 96.6 Å². The van der Waals surface area contributed by atoms with Crippen LogP contribution in [-0.4, -0.2) is 20.9 Å². The van der Waals surface area contributed by atoms with Gasteiger partial charge in [-0.1, -0.05) is 54.1 Å². The largest absolute Gasteiger partial charge is 0.484 e. The van der Waals surface area contributed by atoms with Crippen molar-refractivity contribution < 1.29 is 17.9 Å². The van der Waals surface area contributed by atoms with Crippen LogP contribution in [0.2, 0.25) is 0 Å². The van der Waals surface area contributed by atoms with Crippen molar-refractivity contribution in [3.8, 4) is 5.75 Å². The van der Waals surface area contributed by atoms with Gasteiger partial charge < -0.3 is 10.1 Å². The van der Waals surface area contributed by atoms with Crippen LogP contribution in [0.25, 0.3) is 10.8 Å². The Morgan fingerprint density at radius 3 is 2.28 bits per heavy atom. The van der Waals surface area contributed by atoms with Gasteiger partial charge in [0.2, 0.25) is 0 Å². The predicted molar refractivity (Wildman–Crippen MR) is 127 cm³/mol. The monoisotopic (exact) mass is 446 g/mol. The second kappa shape index (κ2) is 9.11. The van der Waals surface area contributed by atoms with Crippen molar-refractivity contribution in [1.29, 1.82) is 0 Å². The van der Waals surface area contributed by atoms with Gasteiger partial charge in [0.1, 0.15) is 5.75 Å². The second-order valence-electron chi connectivity index (χ2n) is 7.31. The zero-order valence-corrected chi connectivity index (χ0v) is 18.2. The Kier molecular flexibility index (Phi) is 6.09. The van der Waals surface area contributed by atoms with E-state index in [2.05, 4.69) is 10.0 Å². The summed E-state index contributed by atoms with van der Waals surface area (Å²) in [6, 6.07) is 26.4. The number of nitrogens with one attached hydrogen (secondary N) is 2. The molecular formula is C25H22N2O4S. The minimum atomic E-state index is -3.79. The normalized spacial score (nSPS) is 11.2. The predicted octanol–water partition coefficient (Wildman–Crippen LogP) is 4.97. The van der Waals surface area contributed by atoms with Gasteiger partial charge in [-0.25, -0.2) is 8.42 Å². The quantitative estimate of drug-likeness (QED) is 0.420. The average molecular weight is 447 g/mol. The van der Waals surface area contributed by atoms with Gasteiger partial charge in [0.25, 0.3) is 15.9 Å². The lowest BCUT2D eigenvalue weighted by Crippen LogP contribution is -2.20. The SMILES string of the molecule is Cc1ccc(OCC(=O)Nc2ccc(S(=O)(=O)Nc3cccc4ccccc34)cc2)cc1. The first kappa shape index (κ1) is 21.4. The van der Waals surface area contributed by atoms with Crippen LogP contribution in [0.3, 0.4) is 0 Å². The van der Waals surface area contributed by atoms with Crippen LogP contribution in [0.1, 0.15) is 5.56 Å². The van der Waals surface area contributed by atoms with Crippen LogP contribution in [0.15, 0.2) is 95.9 Å². The summed E-state index contributed by atoms with van der Waals surface area (Å²) in [5.74, 6) is 0.266. The van der Waals surface area contributed by atoms with Crippen molar-refractivity contribution in [3.63, 3.8) is 0 Å². The molecule has 162 valence electrons. The number of carbonyl (C=O) groups is 1. The molecule has 0 aromatic heterocycles. The second-order valence-corrected chi connectivity index (χ2v) is 8.99. The van der Waals surface area contributed by atoms with Gasteiger partial charge in [0, 0.05) is 11.1 Å². The number of hydrogen-bond acceptors (Lipinski definition) is 4. The molecule has 0 atom stereocenters. The van der Waals surface area contributed by atoms with E-state index >= 15 is 0 Å². The maximum atomic E-state index is 12.8. The number of hydrogen-bond donors (Lipinski definition) is 2. The van der Waals surface area contributed by atoms with Crippen molar-refractivity contribution in [2.75, 3.05) is 16.6 Å². The first-order valence-corrected chi connectivity index (χ1v) is 11.5. The molecule has 2 N–H and O–H groups in total. The van der Waals surface area contributed by atoms with Gasteiger partial charge in [0.05, 0.1) is 10.6 Å². The Hall–Kier alpha value is -3.84. The topological polar surface area (TPSA) is 84.5 Å². The van der Waals surface area contributed by atoms with E-state index in [0.717, 1.165) is 16.3 Å². The Balaban J connectivity index is 1.41. The van der Waals surface area contributed by atoms with Crippen LogP contribution in [0.5, 0.6) is 5.75 Å². The van der Waals surface area contributed by atoms with Crippen molar-refractivity contribution in [2.24, 2.45) is 0 Å². The molecule has 0 fully saturated rings. The third-order valence-corrected chi connectivity index (χ3v) is 6.25. The van der Waals surface area contributed by atoms with Crippen LogP contribution >= 0.6 is 0 Å². The molecule has 32 heavy (non-hydrogen) atoms. The smallest absolute Gasteiger partial charge is 0.262 e. The molecule has 1 amide bonds. The standard InChI is InChI=1S/C25H22N2O4S/c1-18-9-13-21(14-10-18)31-17-25(28)26-20-11-15-22(16-12-20)32(29,30)27-24-8-4-6-19-5-2-3-7-23(19)24/h2-16,27H,17H2,1H3,(H,26,28). The third-order valence-electron chi connectivity index (χ3n) is 4.87.